The molecule has 2 rings (SSSR count). The maximum atomic E-state index is 12.0. The summed E-state index contributed by atoms with van der Waals surface area (Å²) < 4.78 is 5.75. The number of nitrogens with one attached hydrogen (secondary N) is 1. The third-order valence-corrected chi connectivity index (χ3v) is 3.80. The van der Waals surface area contributed by atoms with Crippen LogP contribution in [0.2, 0.25) is 5.02 Å². The Morgan fingerprint density at radius 2 is 2.13 bits per heavy atom. The first kappa shape index (κ1) is 17.3. The van der Waals surface area contributed by atoms with E-state index in [4.69, 9.17) is 16.3 Å². The monoisotopic (exact) mass is 396 g/mol. The Labute approximate surface area is 147 Å². The number of hydrogen-bond donors (Lipinski definition) is 2. The van der Waals surface area contributed by atoms with Gasteiger partial charge in [0.25, 0.3) is 5.91 Å². The standard InChI is InChI=1S/C16H14BrClN2O3/c1-9-3-4-12(13(18)5-9)16(22)20-19-8-10-6-11(17)7-14(23-2)15(10)21/h3-8,21H,1-2H3,(H,20,22)/b19-8-. The first-order valence-electron chi connectivity index (χ1n) is 6.58. The van der Waals surface area contributed by atoms with Crippen LogP contribution in [-0.4, -0.2) is 24.3 Å². The van der Waals surface area contributed by atoms with Gasteiger partial charge in [-0.1, -0.05) is 33.6 Å². The summed E-state index contributed by atoms with van der Waals surface area (Å²) in [6.07, 6.45) is 1.32. The van der Waals surface area contributed by atoms with E-state index in [0.29, 0.717) is 26.4 Å². The molecule has 0 heterocycles. The topological polar surface area (TPSA) is 70.9 Å². The van der Waals surface area contributed by atoms with Gasteiger partial charge in [0.15, 0.2) is 11.5 Å². The summed E-state index contributed by atoms with van der Waals surface area (Å²) in [6, 6.07) is 8.38. The molecule has 0 spiro atoms. The van der Waals surface area contributed by atoms with Crippen LogP contribution >= 0.6 is 27.5 Å². The second kappa shape index (κ2) is 7.48. The number of amides is 1. The molecule has 7 heteroatoms. The molecule has 0 unspecified atom stereocenters. The van der Waals surface area contributed by atoms with Crippen LogP contribution in [0.4, 0.5) is 0 Å². The number of ether oxygens (including phenoxy) is 1. The molecule has 0 fully saturated rings. The molecule has 0 saturated heterocycles. The smallest absolute Gasteiger partial charge is 0.272 e. The average molecular weight is 398 g/mol. The van der Waals surface area contributed by atoms with Crippen molar-refractivity contribution in [1.29, 1.82) is 0 Å². The largest absolute Gasteiger partial charge is 0.504 e. The number of hydrazone groups is 1. The summed E-state index contributed by atoms with van der Waals surface area (Å²) in [6.45, 7) is 1.88. The van der Waals surface area contributed by atoms with Crippen molar-refractivity contribution in [3.8, 4) is 11.5 Å². The molecule has 0 aliphatic rings. The Kier molecular flexibility index (Phi) is 5.63. The van der Waals surface area contributed by atoms with Gasteiger partial charge in [0.2, 0.25) is 0 Å². The summed E-state index contributed by atoms with van der Waals surface area (Å²) in [7, 11) is 1.45. The molecule has 2 aromatic rings. The highest BCUT2D eigenvalue weighted by atomic mass is 79.9. The number of halogens is 2. The summed E-state index contributed by atoms with van der Waals surface area (Å²) in [5.74, 6) is -0.205. The number of phenols is 1. The molecule has 5 nitrogen and oxygen atoms in total. The van der Waals surface area contributed by atoms with Gasteiger partial charge >= 0.3 is 0 Å². The molecule has 2 N–H and O–H groups in total. The number of aryl methyl sites for hydroxylation is 1. The van der Waals surface area contributed by atoms with E-state index in [1.165, 1.54) is 13.3 Å². The molecule has 0 bridgehead atoms. The van der Waals surface area contributed by atoms with Crippen LogP contribution in [0.3, 0.4) is 0 Å². The molecular weight excluding hydrogens is 384 g/mol. The lowest BCUT2D eigenvalue weighted by Gasteiger charge is -2.07. The summed E-state index contributed by atoms with van der Waals surface area (Å²) in [5.41, 5.74) is 4.05. The minimum absolute atomic E-state index is 0.0675. The van der Waals surface area contributed by atoms with E-state index >= 15 is 0 Å². The van der Waals surface area contributed by atoms with Crippen molar-refractivity contribution in [2.24, 2.45) is 5.10 Å². The van der Waals surface area contributed by atoms with Gasteiger partial charge in [-0.3, -0.25) is 4.79 Å². The van der Waals surface area contributed by atoms with Crippen LogP contribution in [0, 0.1) is 6.92 Å². The normalized spacial score (nSPS) is 10.8. The molecule has 23 heavy (non-hydrogen) atoms. The molecule has 0 radical (unpaired) electrons. The van der Waals surface area contributed by atoms with Gasteiger partial charge in [0, 0.05) is 10.0 Å². The highest BCUT2D eigenvalue weighted by molar-refractivity contribution is 9.10. The minimum Gasteiger partial charge on any atom is -0.504 e. The first-order chi connectivity index (χ1) is 10.9. The van der Waals surface area contributed by atoms with Gasteiger partial charge in [-0.25, -0.2) is 5.43 Å². The van der Waals surface area contributed by atoms with Crippen molar-refractivity contribution in [3.63, 3.8) is 0 Å². The molecule has 0 aliphatic carbocycles. The number of rotatable bonds is 4. The Balaban J connectivity index is 2.16. The fourth-order valence-corrected chi connectivity index (χ4v) is 2.65. The van der Waals surface area contributed by atoms with Crippen LogP contribution < -0.4 is 10.2 Å². The molecule has 2 aromatic carbocycles. The van der Waals surface area contributed by atoms with Crippen molar-refractivity contribution in [3.05, 3.63) is 56.5 Å². The van der Waals surface area contributed by atoms with Crippen LogP contribution in [0.15, 0.2) is 39.9 Å². The zero-order chi connectivity index (χ0) is 17.0. The number of benzene rings is 2. The predicted molar refractivity (Wildman–Crippen MR) is 93.6 cm³/mol. The summed E-state index contributed by atoms with van der Waals surface area (Å²) in [5, 5.41) is 14.2. The zero-order valence-corrected chi connectivity index (χ0v) is 14.8. The van der Waals surface area contributed by atoms with E-state index in [0.717, 1.165) is 5.56 Å². The molecular formula is C16H14BrClN2O3. The predicted octanol–water partition coefficient (Wildman–Crippen LogP) is 3.89. The molecule has 120 valence electrons. The van der Waals surface area contributed by atoms with Gasteiger partial charge < -0.3 is 9.84 Å². The Hall–Kier alpha value is -2.05. The number of carbonyl (C=O) groups is 1. The molecule has 0 saturated carbocycles. The second-order valence-electron chi connectivity index (χ2n) is 4.73. The molecule has 1 amide bonds. The number of carbonyl (C=O) groups excluding carboxylic acids is 1. The van der Waals surface area contributed by atoms with E-state index in [1.54, 1.807) is 30.3 Å². The number of hydrogen-bond acceptors (Lipinski definition) is 4. The number of phenolic OH excluding ortho intramolecular Hbond substituents is 1. The number of methoxy groups -OCH3 is 1. The Morgan fingerprint density at radius 3 is 2.78 bits per heavy atom. The van der Waals surface area contributed by atoms with E-state index < -0.39 is 5.91 Å². The first-order valence-corrected chi connectivity index (χ1v) is 7.75. The molecule has 0 aliphatic heterocycles. The van der Waals surface area contributed by atoms with E-state index in [2.05, 4.69) is 26.5 Å². The van der Waals surface area contributed by atoms with Crippen molar-refractivity contribution in [2.45, 2.75) is 6.92 Å². The Morgan fingerprint density at radius 1 is 1.39 bits per heavy atom. The van der Waals surface area contributed by atoms with Crippen molar-refractivity contribution >= 4 is 39.7 Å². The maximum absolute atomic E-state index is 12.0. The van der Waals surface area contributed by atoms with Gasteiger partial charge in [0.1, 0.15) is 0 Å². The quantitative estimate of drug-likeness (QED) is 0.607. The van der Waals surface area contributed by atoms with E-state index in [9.17, 15) is 9.90 Å². The third kappa shape index (κ3) is 4.24. The van der Waals surface area contributed by atoms with E-state index in [1.807, 2.05) is 6.92 Å². The lowest BCUT2D eigenvalue weighted by atomic mass is 10.1. The van der Waals surface area contributed by atoms with E-state index in [-0.39, 0.29) is 5.75 Å². The average Bonchev–Trinajstić information content (AvgIpc) is 2.50. The SMILES string of the molecule is COc1cc(Br)cc(/C=N\NC(=O)c2ccc(C)cc2Cl)c1O. The number of nitrogens with zero attached hydrogens (tertiary/aromatic N) is 1. The van der Waals surface area contributed by atoms with Gasteiger partial charge in [-0.2, -0.15) is 5.10 Å². The van der Waals surface area contributed by atoms with Crippen LogP contribution in [0.5, 0.6) is 11.5 Å². The summed E-state index contributed by atoms with van der Waals surface area (Å²) >= 11 is 9.33. The van der Waals surface area contributed by atoms with Crippen LogP contribution in [0.1, 0.15) is 21.5 Å². The third-order valence-electron chi connectivity index (χ3n) is 3.03. The van der Waals surface area contributed by atoms with Crippen molar-refractivity contribution in [2.75, 3.05) is 7.11 Å². The fraction of sp³-hybridized carbons (Fsp3) is 0.125. The van der Waals surface area contributed by atoms with Gasteiger partial charge in [-0.05, 0) is 36.8 Å². The number of aromatic hydroxyl groups is 1. The molecule has 0 aromatic heterocycles. The van der Waals surface area contributed by atoms with Crippen LogP contribution in [0.25, 0.3) is 0 Å². The minimum atomic E-state index is -0.437. The van der Waals surface area contributed by atoms with Crippen molar-refractivity contribution < 1.29 is 14.6 Å². The zero-order valence-electron chi connectivity index (χ0n) is 12.4. The summed E-state index contributed by atoms with van der Waals surface area (Å²) in [4.78, 5) is 12.0. The highest BCUT2D eigenvalue weighted by Crippen LogP contribution is 2.32. The lowest BCUT2D eigenvalue weighted by Crippen LogP contribution is -2.18. The second-order valence-corrected chi connectivity index (χ2v) is 6.05. The van der Waals surface area contributed by atoms with Crippen molar-refractivity contribution in [1.82, 2.24) is 5.43 Å². The maximum Gasteiger partial charge on any atom is 0.272 e. The van der Waals surface area contributed by atoms with Gasteiger partial charge in [0.05, 0.1) is 23.9 Å². The fourth-order valence-electron chi connectivity index (χ4n) is 1.87. The highest BCUT2D eigenvalue weighted by Gasteiger charge is 2.10. The van der Waals surface area contributed by atoms with Crippen LogP contribution in [-0.2, 0) is 0 Å². The Bertz CT molecular complexity index is 778. The van der Waals surface area contributed by atoms with Gasteiger partial charge in [-0.15, -0.1) is 0 Å². The lowest BCUT2D eigenvalue weighted by molar-refractivity contribution is 0.0955. The molecule has 0 atom stereocenters.